The smallest absolute Gasteiger partial charge is 0.321 e. The van der Waals surface area contributed by atoms with E-state index in [9.17, 15) is 9.59 Å². The Morgan fingerprint density at radius 2 is 1.83 bits per heavy atom. The van der Waals surface area contributed by atoms with Gasteiger partial charge in [-0.05, 0) is 50.7 Å². The Morgan fingerprint density at radius 3 is 2.46 bits per heavy atom. The molecule has 1 spiro atoms. The molecule has 3 amide bonds. The van der Waals surface area contributed by atoms with Crippen molar-refractivity contribution in [3.63, 3.8) is 0 Å². The van der Waals surface area contributed by atoms with Crippen LogP contribution in [0.1, 0.15) is 38.2 Å². The number of anilines is 1. The number of piperidine rings is 2. The van der Waals surface area contributed by atoms with E-state index in [1.807, 2.05) is 47.9 Å². The normalized spacial score (nSPS) is 20.3. The molecule has 2 fully saturated rings. The van der Waals surface area contributed by atoms with E-state index in [4.69, 9.17) is 0 Å². The Morgan fingerprint density at radius 1 is 1.17 bits per heavy atom. The summed E-state index contributed by atoms with van der Waals surface area (Å²) >= 11 is 0. The Labute approximate surface area is 144 Å². The Hall–Kier alpha value is -2.04. The zero-order chi connectivity index (χ0) is 17.2. The monoisotopic (exact) mass is 329 g/mol. The molecule has 0 aromatic heterocycles. The first-order valence-corrected chi connectivity index (χ1v) is 8.92. The fraction of sp³-hybridized carbons (Fsp3) is 0.579. The van der Waals surface area contributed by atoms with E-state index in [0.717, 1.165) is 51.1 Å². The lowest BCUT2D eigenvalue weighted by Gasteiger charge is -2.47. The van der Waals surface area contributed by atoms with Gasteiger partial charge in [0.25, 0.3) is 0 Å². The number of urea groups is 1. The summed E-state index contributed by atoms with van der Waals surface area (Å²) in [5.41, 5.74) is 2.23. The fourth-order valence-corrected chi connectivity index (χ4v) is 3.82. The van der Waals surface area contributed by atoms with Crippen molar-refractivity contribution in [3.8, 4) is 0 Å². The minimum atomic E-state index is -0.0204. The number of benzene rings is 1. The van der Waals surface area contributed by atoms with Gasteiger partial charge in [-0.2, -0.15) is 0 Å². The third-order valence-corrected chi connectivity index (χ3v) is 5.54. The largest absolute Gasteiger partial charge is 0.342 e. The maximum atomic E-state index is 12.4. The number of likely N-dealkylation sites (tertiary alicyclic amines) is 2. The molecule has 0 atom stereocenters. The quantitative estimate of drug-likeness (QED) is 0.905. The summed E-state index contributed by atoms with van der Waals surface area (Å²) in [4.78, 5) is 28.2. The van der Waals surface area contributed by atoms with Crippen LogP contribution in [0, 0.1) is 12.3 Å². The molecule has 0 unspecified atom stereocenters. The zero-order valence-electron chi connectivity index (χ0n) is 14.7. The number of nitrogens with zero attached hydrogens (tertiary/aromatic N) is 2. The van der Waals surface area contributed by atoms with Gasteiger partial charge in [-0.15, -0.1) is 0 Å². The third kappa shape index (κ3) is 3.55. The number of rotatable bonds is 2. The first-order chi connectivity index (χ1) is 11.5. The predicted molar refractivity (Wildman–Crippen MR) is 94.9 cm³/mol. The Balaban J connectivity index is 1.55. The van der Waals surface area contributed by atoms with Crippen LogP contribution in [-0.4, -0.2) is 47.9 Å². The highest BCUT2D eigenvalue weighted by atomic mass is 16.2. The van der Waals surface area contributed by atoms with Gasteiger partial charge < -0.3 is 15.1 Å². The number of hydrogen-bond donors (Lipinski definition) is 1. The van der Waals surface area contributed by atoms with Crippen LogP contribution in [-0.2, 0) is 4.79 Å². The van der Waals surface area contributed by atoms with Gasteiger partial charge >= 0.3 is 6.03 Å². The summed E-state index contributed by atoms with van der Waals surface area (Å²) in [6.45, 7) is 7.26. The molecule has 1 aromatic rings. The van der Waals surface area contributed by atoms with Crippen molar-refractivity contribution in [1.82, 2.24) is 9.80 Å². The second kappa shape index (κ2) is 6.83. The molecule has 24 heavy (non-hydrogen) atoms. The van der Waals surface area contributed by atoms with Gasteiger partial charge in [0.2, 0.25) is 5.91 Å². The second-order valence-corrected chi connectivity index (χ2v) is 7.19. The molecule has 2 aliphatic heterocycles. The maximum Gasteiger partial charge on any atom is 0.321 e. The Bertz CT molecular complexity index is 604. The second-order valence-electron chi connectivity index (χ2n) is 7.19. The highest BCUT2D eigenvalue weighted by Gasteiger charge is 2.41. The van der Waals surface area contributed by atoms with Gasteiger partial charge in [0.05, 0.1) is 0 Å². The number of nitrogens with one attached hydrogen (secondary N) is 1. The molecular weight excluding hydrogens is 302 g/mol. The number of aryl methyl sites for hydroxylation is 1. The van der Waals surface area contributed by atoms with Crippen LogP contribution in [0.5, 0.6) is 0 Å². The van der Waals surface area contributed by atoms with Crippen molar-refractivity contribution in [1.29, 1.82) is 0 Å². The van der Waals surface area contributed by atoms with Gasteiger partial charge in [0.1, 0.15) is 0 Å². The molecule has 0 aliphatic carbocycles. The van der Waals surface area contributed by atoms with Crippen LogP contribution < -0.4 is 5.32 Å². The van der Waals surface area contributed by atoms with E-state index in [1.54, 1.807) is 0 Å². The van der Waals surface area contributed by atoms with Crippen molar-refractivity contribution >= 4 is 17.6 Å². The van der Waals surface area contributed by atoms with Crippen molar-refractivity contribution in [2.24, 2.45) is 5.41 Å². The predicted octanol–water partition coefficient (Wildman–Crippen LogP) is 3.25. The van der Waals surface area contributed by atoms with Crippen LogP contribution in [0.25, 0.3) is 0 Å². The first kappa shape index (κ1) is 16.8. The number of carbonyl (C=O) groups is 2. The van der Waals surface area contributed by atoms with Crippen LogP contribution >= 0.6 is 0 Å². The standard InChI is InChI=1S/C19H27N3O2/c1-3-21-14-19(9-8-17(21)23)10-12-22(13-11-19)18(24)20-16-6-4-15(2)5-7-16/h4-7H,3,8-14H2,1-2H3,(H,20,24). The summed E-state index contributed by atoms with van der Waals surface area (Å²) in [7, 11) is 0. The molecule has 0 saturated carbocycles. The summed E-state index contributed by atoms with van der Waals surface area (Å²) in [6, 6.07) is 7.85. The maximum absolute atomic E-state index is 12.4. The lowest BCUT2D eigenvalue weighted by Crippen LogP contribution is -2.52. The SMILES string of the molecule is CCN1CC2(CCC1=O)CCN(C(=O)Nc1ccc(C)cc1)CC2. The topological polar surface area (TPSA) is 52.7 Å². The zero-order valence-corrected chi connectivity index (χ0v) is 14.7. The molecule has 2 heterocycles. The average Bonchev–Trinajstić information content (AvgIpc) is 2.60. The van der Waals surface area contributed by atoms with Crippen LogP contribution in [0.4, 0.5) is 10.5 Å². The van der Waals surface area contributed by atoms with Gasteiger partial charge in [-0.25, -0.2) is 4.79 Å². The van der Waals surface area contributed by atoms with Gasteiger partial charge in [-0.1, -0.05) is 17.7 Å². The first-order valence-electron chi connectivity index (χ1n) is 8.92. The molecule has 5 nitrogen and oxygen atoms in total. The number of carbonyl (C=O) groups excluding carboxylic acids is 2. The van der Waals surface area contributed by atoms with E-state index in [1.165, 1.54) is 5.56 Å². The van der Waals surface area contributed by atoms with Gasteiger partial charge in [0.15, 0.2) is 0 Å². The molecule has 5 heteroatoms. The molecule has 2 saturated heterocycles. The van der Waals surface area contributed by atoms with Crippen LogP contribution in [0.15, 0.2) is 24.3 Å². The summed E-state index contributed by atoms with van der Waals surface area (Å²) in [5.74, 6) is 0.280. The summed E-state index contributed by atoms with van der Waals surface area (Å²) in [5, 5.41) is 2.98. The molecule has 3 rings (SSSR count). The molecule has 0 bridgehead atoms. The minimum Gasteiger partial charge on any atom is -0.342 e. The van der Waals surface area contributed by atoms with Gasteiger partial charge in [0, 0.05) is 38.3 Å². The van der Waals surface area contributed by atoms with Crippen LogP contribution in [0.3, 0.4) is 0 Å². The molecule has 1 N–H and O–H groups in total. The van der Waals surface area contributed by atoms with Gasteiger partial charge in [-0.3, -0.25) is 4.79 Å². The lowest BCUT2D eigenvalue weighted by atomic mass is 9.72. The summed E-state index contributed by atoms with van der Waals surface area (Å²) < 4.78 is 0. The molecule has 1 aromatic carbocycles. The highest BCUT2D eigenvalue weighted by molar-refractivity contribution is 5.89. The van der Waals surface area contributed by atoms with Crippen LogP contribution in [0.2, 0.25) is 0 Å². The van der Waals surface area contributed by atoms with E-state index >= 15 is 0 Å². The summed E-state index contributed by atoms with van der Waals surface area (Å²) in [6.07, 6.45) is 3.59. The molecule has 2 aliphatic rings. The van der Waals surface area contributed by atoms with Crippen molar-refractivity contribution in [3.05, 3.63) is 29.8 Å². The fourth-order valence-electron chi connectivity index (χ4n) is 3.82. The minimum absolute atomic E-state index is 0.0204. The van der Waals surface area contributed by atoms with E-state index < -0.39 is 0 Å². The number of hydrogen-bond acceptors (Lipinski definition) is 2. The Kier molecular flexibility index (Phi) is 4.78. The van der Waals surface area contributed by atoms with Crippen molar-refractivity contribution in [2.45, 2.75) is 39.5 Å². The van der Waals surface area contributed by atoms with Crippen molar-refractivity contribution in [2.75, 3.05) is 31.5 Å². The molecular formula is C19H27N3O2. The average molecular weight is 329 g/mol. The van der Waals surface area contributed by atoms with E-state index in [-0.39, 0.29) is 17.4 Å². The highest BCUT2D eigenvalue weighted by Crippen LogP contribution is 2.40. The van der Waals surface area contributed by atoms with E-state index in [2.05, 4.69) is 5.32 Å². The van der Waals surface area contributed by atoms with E-state index in [0.29, 0.717) is 6.42 Å². The lowest BCUT2D eigenvalue weighted by molar-refractivity contribution is -0.138. The third-order valence-electron chi connectivity index (χ3n) is 5.54. The molecule has 130 valence electrons. The van der Waals surface area contributed by atoms with Crippen molar-refractivity contribution < 1.29 is 9.59 Å². The number of amides is 3. The molecule has 0 radical (unpaired) electrons.